The molecule has 0 bridgehead atoms. The first-order valence-corrected chi connectivity index (χ1v) is 10.1. The Morgan fingerprint density at radius 1 is 1.04 bits per heavy atom. The van der Waals surface area contributed by atoms with Crippen LogP contribution in [0.1, 0.15) is 12.0 Å². The molecule has 2 aromatic heterocycles. The fourth-order valence-corrected chi connectivity index (χ4v) is 3.13. The third-order valence-corrected chi connectivity index (χ3v) is 4.94. The molecule has 2 N–H and O–H groups in total. The Bertz CT molecular complexity index is 885. The molecule has 2 heterocycles. The third-order valence-electron chi connectivity index (χ3n) is 4.17. The largest absolute Gasteiger partial charge is 0.366 e. The summed E-state index contributed by atoms with van der Waals surface area (Å²) >= 11 is 3.59. The van der Waals surface area contributed by atoms with E-state index in [0.717, 1.165) is 41.1 Å². The first kappa shape index (κ1) is 20.2. The molecular weight excluding hydrogens is 416 g/mol. The molecule has 28 heavy (non-hydrogen) atoms. The maximum Gasteiger partial charge on any atom is 0.225 e. The van der Waals surface area contributed by atoms with E-state index >= 15 is 0 Å². The van der Waals surface area contributed by atoms with E-state index in [4.69, 9.17) is 0 Å². The molecule has 0 saturated carbocycles. The van der Waals surface area contributed by atoms with Crippen LogP contribution in [0, 0.1) is 0 Å². The molecule has 3 rings (SSSR count). The maximum atomic E-state index is 4.67. The summed E-state index contributed by atoms with van der Waals surface area (Å²) in [4.78, 5) is 15.7. The van der Waals surface area contributed by atoms with Crippen LogP contribution in [0.25, 0.3) is 11.3 Å². The van der Waals surface area contributed by atoms with E-state index in [9.17, 15) is 0 Å². The zero-order valence-electron chi connectivity index (χ0n) is 16.2. The van der Waals surface area contributed by atoms with E-state index in [1.165, 1.54) is 5.56 Å². The Hall–Kier alpha value is -2.51. The number of benzene rings is 1. The van der Waals surface area contributed by atoms with Gasteiger partial charge in [0.05, 0.1) is 5.69 Å². The van der Waals surface area contributed by atoms with Gasteiger partial charge in [0.25, 0.3) is 0 Å². The molecule has 0 aliphatic carbocycles. The molecule has 1 aromatic carbocycles. The van der Waals surface area contributed by atoms with Crippen molar-refractivity contribution in [1.82, 2.24) is 19.9 Å². The fourth-order valence-electron chi connectivity index (χ4n) is 2.70. The van der Waals surface area contributed by atoms with E-state index in [1.54, 1.807) is 6.20 Å². The van der Waals surface area contributed by atoms with Crippen molar-refractivity contribution in [1.29, 1.82) is 0 Å². The molecule has 0 amide bonds. The van der Waals surface area contributed by atoms with Gasteiger partial charge < -0.3 is 15.5 Å². The van der Waals surface area contributed by atoms with Crippen molar-refractivity contribution < 1.29 is 0 Å². The molecule has 3 aromatic rings. The molecule has 0 spiro atoms. The molecule has 0 atom stereocenters. The number of aromatic nitrogens is 3. The van der Waals surface area contributed by atoms with E-state index < -0.39 is 0 Å². The van der Waals surface area contributed by atoms with E-state index in [0.29, 0.717) is 12.5 Å². The minimum absolute atomic E-state index is 0.620. The number of rotatable bonds is 9. The molecule has 0 saturated heterocycles. The molecular formula is C21H25BrN6. The van der Waals surface area contributed by atoms with Gasteiger partial charge in [0.1, 0.15) is 5.82 Å². The second kappa shape index (κ2) is 10.1. The van der Waals surface area contributed by atoms with Crippen molar-refractivity contribution in [2.45, 2.75) is 13.0 Å². The first-order valence-electron chi connectivity index (χ1n) is 9.27. The van der Waals surface area contributed by atoms with Crippen LogP contribution in [-0.4, -0.2) is 47.0 Å². The van der Waals surface area contributed by atoms with Gasteiger partial charge in [0, 0.05) is 41.6 Å². The van der Waals surface area contributed by atoms with E-state index in [2.05, 4.69) is 66.6 Å². The van der Waals surface area contributed by atoms with Crippen LogP contribution in [0.4, 0.5) is 11.8 Å². The maximum absolute atomic E-state index is 4.67. The molecule has 0 aliphatic rings. The lowest BCUT2D eigenvalue weighted by atomic mass is 10.2. The molecule has 7 heteroatoms. The number of nitrogens with one attached hydrogen (secondary N) is 2. The predicted molar refractivity (Wildman–Crippen MR) is 118 cm³/mol. The second-order valence-electron chi connectivity index (χ2n) is 6.73. The summed E-state index contributed by atoms with van der Waals surface area (Å²) in [7, 11) is 4.15. The number of hydrogen-bond acceptors (Lipinski definition) is 6. The highest BCUT2D eigenvalue weighted by Gasteiger charge is 2.08. The number of hydrogen-bond donors (Lipinski definition) is 2. The Kier molecular flexibility index (Phi) is 7.33. The molecule has 146 valence electrons. The zero-order chi connectivity index (χ0) is 19.8. The Labute approximate surface area is 174 Å². The number of anilines is 2. The third kappa shape index (κ3) is 6.00. The van der Waals surface area contributed by atoms with Crippen LogP contribution in [-0.2, 0) is 6.54 Å². The lowest BCUT2D eigenvalue weighted by Gasteiger charge is -2.13. The smallest absolute Gasteiger partial charge is 0.225 e. The number of halogens is 1. The summed E-state index contributed by atoms with van der Waals surface area (Å²) < 4.78 is 1.08. The van der Waals surface area contributed by atoms with E-state index in [-0.39, 0.29) is 0 Å². The summed E-state index contributed by atoms with van der Waals surface area (Å²) in [6.07, 6.45) is 4.60. The minimum atomic E-state index is 0.620. The summed E-state index contributed by atoms with van der Waals surface area (Å²) in [6.45, 7) is 2.51. The van der Waals surface area contributed by atoms with Crippen molar-refractivity contribution in [3.8, 4) is 11.3 Å². The molecule has 0 aliphatic heterocycles. The monoisotopic (exact) mass is 440 g/mol. The van der Waals surface area contributed by atoms with Crippen molar-refractivity contribution in [2.24, 2.45) is 0 Å². The Morgan fingerprint density at radius 3 is 2.64 bits per heavy atom. The summed E-state index contributed by atoms with van der Waals surface area (Å²) in [5.74, 6) is 1.40. The minimum Gasteiger partial charge on any atom is -0.366 e. The fraction of sp³-hybridized carbons (Fsp3) is 0.286. The van der Waals surface area contributed by atoms with Gasteiger partial charge in [-0.1, -0.05) is 34.1 Å². The molecule has 6 nitrogen and oxygen atoms in total. The normalized spacial score (nSPS) is 10.9. The van der Waals surface area contributed by atoms with E-state index in [1.807, 2.05) is 42.6 Å². The Balaban J connectivity index is 1.77. The van der Waals surface area contributed by atoms with Crippen molar-refractivity contribution >= 4 is 27.7 Å². The molecule has 0 unspecified atom stereocenters. The van der Waals surface area contributed by atoms with Crippen LogP contribution in [0.15, 0.2) is 59.3 Å². The first-order chi connectivity index (χ1) is 13.6. The van der Waals surface area contributed by atoms with Gasteiger partial charge in [-0.05, 0) is 50.8 Å². The lowest BCUT2D eigenvalue weighted by molar-refractivity contribution is 0.405. The van der Waals surface area contributed by atoms with Gasteiger partial charge >= 0.3 is 0 Å². The average Bonchev–Trinajstić information content (AvgIpc) is 2.71. The highest BCUT2D eigenvalue weighted by atomic mass is 79.9. The highest BCUT2D eigenvalue weighted by Crippen LogP contribution is 2.22. The quantitative estimate of drug-likeness (QED) is 0.484. The number of pyridine rings is 1. The summed E-state index contributed by atoms with van der Waals surface area (Å²) in [6, 6.07) is 14.0. The lowest BCUT2D eigenvalue weighted by Crippen LogP contribution is -2.17. The Morgan fingerprint density at radius 2 is 1.89 bits per heavy atom. The van der Waals surface area contributed by atoms with Crippen LogP contribution in [0.5, 0.6) is 0 Å². The van der Waals surface area contributed by atoms with Gasteiger partial charge in [-0.3, -0.25) is 4.98 Å². The van der Waals surface area contributed by atoms with Crippen molar-refractivity contribution in [2.75, 3.05) is 37.8 Å². The van der Waals surface area contributed by atoms with Gasteiger partial charge in [-0.2, -0.15) is 4.98 Å². The van der Waals surface area contributed by atoms with Gasteiger partial charge in [-0.25, -0.2) is 4.98 Å². The van der Waals surface area contributed by atoms with Crippen molar-refractivity contribution in [3.05, 3.63) is 64.9 Å². The predicted octanol–water partition coefficient (Wildman–Crippen LogP) is 4.28. The van der Waals surface area contributed by atoms with Crippen LogP contribution >= 0.6 is 15.9 Å². The summed E-state index contributed by atoms with van der Waals surface area (Å²) in [5, 5.41) is 6.75. The molecule has 0 radical (unpaired) electrons. The standard InChI is InChI=1S/C21H25BrN6/c1-28(2)12-6-11-24-21-26-19(17-8-5-10-23-14-17)13-20(27-21)25-15-16-7-3-4-9-18(16)22/h3-5,7-10,13-14H,6,11-12,15H2,1-2H3,(H2,24,25,26,27). The van der Waals surface area contributed by atoms with Crippen LogP contribution in [0.3, 0.4) is 0 Å². The van der Waals surface area contributed by atoms with Gasteiger partial charge in [0.15, 0.2) is 0 Å². The SMILES string of the molecule is CN(C)CCCNc1nc(NCc2ccccc2Br)cc(-c2cccnc2)n1. The number of nitrogens with zero attached hydrogens (tertiary/aromatic N) is 4. The van der Waals surface area contributed by atoms with Crippen LogP contribution < -0.4 is 10.6 Å². The molecule has 0 fully saturated rings. The summed E-state index contributed by atoms with van der Waals surface area (Å²) in [5.41, 5.74) is 2.97. The topological polar surface area (TPSA) is 66.0 Å². The van der Waals surface area contributed by atoms with Gasteiger partial charge in [-0.15, -0.1) is 0 Å². The van der Waals surface area contributed by atoms with Crippen LogP contribution in [0.2, 0.25) is 0 Å². The van der Waals surface area contributed by atoms with Gasteiger partial charge in [0.2, 0.25) is 5.95 Å². The average molecular weight is 441 g/mol. The second-order valence-corrected chi connectivity index (χ2v) is 7.59. The highest BCUT2D eigenvalue weighted by molar-refractivity contribution is 9.10. The van der Waals surface area contributed by atoms with Crippen molar-refractivity contribution in [3.63, 3.8) is 0 Å². The zero-order valence-corrected chi connectivity index (χ0v) is 17.8.